The van der Waals surface area contributed by atoms with Crippen LogP contribution in [-0.2, 0) is 23.8 Å². The molecule has 29 heavy (non-hydrogen) atoms. The quantitative estimate of drug-likeness (QED) is 0.569. The van der Waals surface area contributed by atoms with Crippen molar-refractivity contribution >= 4 is 11.8 Å². The molecule has 5 aliphatic rings. The third-order valence-electron chi connectivity index (χ3n) is 8.76. The van der Waals surface area contributed by atoms with Crippen LogP contribution >= 0.6 is 0 Å². The van der Waals surface area contributed by atoms with Gasteiger partial charge in [-0.1, -0.05) is 37.3 Å². The van der Waals surface area contributed by atoms with Crippen molar-refractivity contribution < 1.29 is 23.8 Å². The van der Waals surface area contributed by atoms with Gasteiger partial charge in [0.15, 0.2) is 5.78 Å². The van der Waals surface area contributed by atoms with Gasteiger partial charge in [-0.25, -0.2) is 0 Å². The molecule has 2 saturated carbocycles. The average Bonchev–Trinajstić information content (AvgIpc) is 3.42. The molecule has 1 unspecified atom stereocenters. The van der Waals surface area contributed by atoms with Crippen molar-refractivity contribution in [2.75, 3.05) is 6.61 Å². The number of esters is 1. The lowest BCUT2D eigenvalue weighted by atomic mass is 9.36. The van der Waals surface area contributed by atoms with Gasteiger partial charge >= 0.3 is 5.97 Å². The lowest BCUT2D eigenvalue weighted by Gasteiger charge is -2.68. The molecule has 1 aromatic carbocycles. The van der Waals surface area contributed by atoms with Crippen molar-refractivity contribution in [1.29, 1.82) is 0 Å². The Kier molecular flexibility index (Phi) is 3.31. The van der Waals surface area contributed by atoms with Gasteiger partial charge in [0.1, 0.15) is 17.8 Å². The molecule has 3 aliphatic carbocycles. The van der Waals surface area contributed by atoms with Crippen molar-refractivity contribution in [2.45, 2.75) is 63.4 Å². The first kappa shape index (κ1) is 17.8. The Morgan fingerprint density at radius 2 is 1.93 bits per heavy atom. The van der Waals surface area contributed by atoms with Crippen molar-refractivity contribution in [3.8, 4) is 0 Å². The molecule has 152 valence electrons. The number of allylic oxidation sites excluding steroid dienone is 1. The van der Waals surface area contributed by atoms with Gasteiger partial charge in [-0.15, -0.1) is 0 Å². The maximum Gasteiger partial charge on any atom is 0.302 e. The monoisotopic (exact) mass is 394 g/mol. The molecular formula is C24H26O5. The number of rotatable bonds is 2. The highest BCUT2D eigenvalue weighted by molar-refractivity contribution is 6.00. The molecule has 0 radical (unpaired) electrons. The Labute approximate surface area is 170 Å². The molecule has 2 heterocycles. The van der Waals surface area contributed by atoms with Crippen LogP contribution in [0.2, 0.25) is 0 Å². The van der Waals surface area contributed by atoms with E-state index in [-0.39, 0.29) is 52.7 Å². The number of ketones is 1. The molecule has 5 nitrogen and oxygen atoms in total. The summed E-state index contributed by atoms with van der Waals surface area (Å²) in [7, 11) is 0. The summed E-state index contributed by atoms with van der Waals surface area (Å²) in [4.78, 5) is 25.2. The van der Waals surface area contributed by atoms with Crippen LogP contribution in [0.25, 0.3) is 0 Å². The summed E-state index contributed by atoms with van der Waals surface area (Å²) in [6.07, 6.45) is 2.88. The third-order valence-corrected chi connectivity index (χ3v) is 8.76. The van der Waals surface area contributed by atoms with Gasteiger partial charge in [0, 0.05) is 23.7 Å². The molecule has 2 aliphatic heterocycles. The van der Waals surface area contributed by atoms with Crippen LogP contribution in [0.4, 0.5) is 0 Å². The predicted molar refractivity (Wildman–Crippen MR) is 104 cm³/mol. The minimum atomic E-state index is -0.442. The van der Waals surface area contributed by atoms with E-state index in [0.29, 0.717) is 13.0 Å². The lowest BCUT2D eigenvalue weighted by Crippen LogP contribution is -2.72. The number of epoxide rings is 1. The lowest BCUT2D eigenvalue weighted by molar-refractivity contribution is -0.257. The normalized spacial score (nSPS) is 49.0. The van der Waals surface area contributed by atoms with Crippen LogP contribution < -0.4 is 0 Å². The molecular weight excluding hydrogens is 368 g/mol. The first-order chi connectivity index (χ1) is 13.8. The zero-order chi connectivity index (χ0) is 20.2. The zero-order valence-electron chi connectivity index (χ0n) is 17.0. The molecule has 0 aromatic heterocycles. The second kappa shape index (κ2) is 5.38. The SMILES string of the molecule is CC(=O)O[C@@H]1C[C@]2(C)[C@@]34CC(c5ccccc5)[C@@H]3C(=O)C(C)=C[C@H]4O[C@H]1[C@@]21CO1. The topological polar surface area (TPSA) is 65.1 Å². The fraction of sp³-hybridized carbons (Fsp3) is 0.583. The van der Waals surface area contributed by atoms with Gasteiger partial charge in [-0.05, 0) is 42.9 Å². The molecule has 2 spiro atoms. The first-order valence-corrected chi connectivity index (χ1v) is 10.6. The zero-order valence-corrected chi connectivity index (χ0v) is 17.0. The van der Waals surface area contributed by atoms with E-state index >= 15 is 0 Å². The summed E-state index contributed by atoms with van der Waals surface area (Å²) in [5, 5.41) is 0. The molecule has 0 amide bonds. The number of benzene rings is 1. The number of hydrogen-bond acceptors (Lipinski definition) is 5. The summed E-state index contributed by atoms with van der Waals surface area (Å²) in [6.45, 7) is 6.21. The van der Waals surface area contributed by atoms with Gasteiger partial charge in [0.05, 0.1) is 12.7 Å². The number of hydrogen-bond donors (Lipinski definition) is 0. The second-order valence-electron chi connectivity index (χ2n) is 9.79. The van der Waals surface area contributed by atoms with E-state index in [1.165, 1.54) is 12.5 Å². The van der Waals surface area contributed by atoms with Crippen LogP contribution in [0.3, 0.4) is 0 Å². The largest absolute Gasteiger partial charge is 0.460 e. The van der Waals surface area contributed by atoms with Gasteiger partial charge in [0.25, 0.3) is 0 Å². The van der Waals surface area contributed by atoms with Crippen molar-refractivity contribution in [3.63, 3.8) is 0 Å². The second-order valence-corrected chi connectivity index (χ2v) is 9.79. The van der Waals surface area contributed by atoms with Crippen molar-refractivity contribution in [1.82, 2.24) is 0 Å². The summed E-state index contributed by atoms with van der Waals surface area (Å²) < 4.78 is 18.4. The Balaban J connectivity index is 1.48. The van der Waals surface area contributed by atoms with Gasteiger partial charge in [0.2, 0.25) is 0 Å². The van der Waals surface area contributed by atoms with Crippen LogP contribution in [0.15, 0.2) is 42.0 Å². The molecule has 2 bridgehead atoms. The Hall–Kier alpha value is -1.98. The van der Waals surface area contributed by atoms with E-state index in [9.17, 15) is 9.59 Å². The van der Waals surface area contributed by atoms with Crippen LogP contribution in [0.5, 0.6) is 0 Å². The first-order valence-electron chi connectivity index (χ1n) is 10.6. The summed E-state index contributed by atoms with van der Waals surface area (Å²) in [5.74, 6) is 0.0101. The van der Waals surface area contributed by atoms with Crippen molar-refractivity contribution in [3.05, 3.63) is 47.5 Å². The Morgan fingerprint density at radius 3 is 2.59 bits per heavy atom. The number of ether oxygens (including phenoxy) is 3. The molecule has 6 rings (SSSR count). The van der Waals surface area contributed by atoms with E-state index in [4.69, 9.17) is 14.2 Å². The molecule has 5 heteroatoms. The van der Waals surface area contributed by atoms with E-state index in [0.717, 1.165) is 12.0 Å². The average molecular weight is 394 g/mol. The minimum absolute atomic E-state index is 0.122. The standard InChI is InChI=1S/C24H26O5/c1-13-9-18-23(10-16(19(23)20(13)26)15-7-5-4-6-8-15)22(3)11-17(28-14(2)25)21(29-18)24(22)12-27-24/h4-9,16-19,21H,10-12H2,1-3H3/t16?,17-,18-,19-,21-,22-,23-,24+/m1/s1. The van der Waals surface area contributed by atoms with Crippen LogP contribution in [-0.4, -0.2) is 42.3 Å². The van der Waals surface area contributed by atoms with Gasteiger partial charge in [-0.3, -0.25) is 9.59 Å². The number of Topliss-reactive ketones (excluding diaryl/α,β-unsaturated/α-hetero) is 1. The molecule has 4 fully saturated rings. The maximum absolute atomic E-state index is 13.5. The summed E-state index contributed by atoms with van der Waals surface area (Å²) in [5.41, 5.74) is 0.984. The highest BCUT2D eigenvalue weighted by Gasteiger charge is 2.86. The van der Waals surface area contributed by atoms with E-state index in [1.807, 2.05) is 31.2 Å². The summed E-state index contributed by atoms with van der Waals surface area (Å²) in [6, 6.07) is 10.4. The molecule has 1 aromatic rings. The maximum atomic E-state index is 13.5. The fourth-order valence-corrected chi connectivity index (χ4v) is 7.39. The number of carbonyl (C=O) groups excluding carboxylic acids is 2. The summed E-state index contributed by atoms with van der Waals surface area (Å²) >= 11 is 0. The van der Waals surface area contributed by atoms with E-state index < -0.39 is 5.60 Å². The van der Waals surface area contributed by atoms with Gasteiger partial charge in [-0.2, -0.15) is 0 Å². The van der Waals surface area contributed by atoms with E-state index in [2.05, 4.69) is 19.1 Å². The third kappa shape index (κ3) is 1.89. The van der Waals surface area contributed by atoms with E-state index in [1.54, 1.807) is 0 Å². The predicted octanol–water partition coefficient (Wildman–Crippen LogP) is 3.18. The fourth-order valence-electron chi connectivity index (χ4n) is 7.39. The van der Waals surface area contributed by atoms with Gasteiger partial charge < -0.3 is 14.2 Å². The highest BCUT2D eigenvalue weighted by Crippen LogP contribution is 2.79. The smallest absolute Gasteiger partial charge is 0.302 e. The van der Waals surface area contributed by atoms with Crippen molar-refractivity contribution in [2.24, 2.45) is 16.7 Å². The Bertz CT molecular complexity index is 947. The highest BCUT2D eigenvalue weighted by atomic mass is 16.7. The molecule has 2 saturated heterocycles. The van der Waals surface area contributed by atoms with Crippen LogP contribution in [0.1, 0.15) is 45.1 Å². The minimum Gasteiger partial charge on any atom is -0.460 e. The molecule has 8 atom stereocenters. The van der Waals surface area contributed by atoms with Crippen LogP contribution in [0, 0.1) is 16.7 Å². The number of carbonyl (C=O) groups is 2. The molecule has 0 N–H and O–H groups in total. The Morgan fingerprint density at radius 1 is 1.21 bits per heavy atom.